The number of carbonyl (C=O) groups is 1. The first-order valence-corrected chi connectivity index (χ1v) is 12.8. The van der Waals surface area contributed by atoms with Gasteiger partial charge in [-0.1, -0.05) is 18.2 Å². The Balaban J connectivity index is 1.27. The Morgan fingerprint density at radius 1 is 1.06 bits per heavy atom. The second-order valence-electron chi connectivity index (χ2n) is 9.94. The third-order valence-electron chi connectivity index (χ3n) is 7.38. The molecule has 1 aromatic carbocycles. The molecule has 4 aromatic rings. The minimum Gasteiger partial charge on any atom is -0.355 e. The Labute approximate surface area is 210 Å². The van der Waals surface area contributed by atoms with Crippen molar-refractivity contribution in [1.82, 2.24) is 24.5 Å². The van der Waals surface area contributed by atoms with Gasteiger partial charge in [-0.25, -0.2) is 9.50 Å². The van der Waals surface area contributed by atoms with Crippen LogP contribution in [0.25, 0.3) is 16.8 Å². The standard InChI is InChI=1S/C28H31N7O/c1-19-17-35-26(31-27(19)33-14-11-23(29)18-33)15-24(32-35)25-6-2-3-13-34(25)28(36)21-9-7-20(8-10-21)22-5-4-12-30-16-22/h4-5,7-10,12,15-17,23,25H,2-3,6,11,13-14,18,29H2,1H3/t23-,25-/m0/s1. The quantitative estimate of drug-likeness (QED) is 0.474. The topological polar surface area (TPSA) is 92.6 Å². The number of nitrogens with two attached hydrogens (primary N) is 1. The maximum absolute atomic E-state index is 13.6. The maximum atomic E-state index is 13.6. The van der Waals surface area contributed by atoms with E-state index in [1.54, 1.807) is 6.20 Å². The van der Waals surface area contributed by atoms with E-state index in [0.717, 1.165) is 79.2 Å². The highest BCUT2D eigenvalue weighted by Gasteiger charge is 2.31. The summed E-state index contributed by atoms with van der Waals surface area (Å²) >= 11 is 0. The predicted molar refractivity (Wildman–Crippen MR) is 140 cm³/mol. The number of pyridine rings is 1. The minimum absolute atomic E-state index is 0.0466. The van der Waals surface area contributed by atoms with Crippen molar-refractivity contribution in [2.24, 2.45) is 5.73 Å². The number of rotatable bonds is 4. The van der Waals surface area contributed by atoms with Crippen molar-refractivity contribution < 1.29 is 4.79 Å². The zero-order valence-electron chi connectivity index (χ0n) is 20.5. The average molecular weight is 482 g/mol. The van der Waals surface area contributed by atoms with Gasteiger partial charge >= 0.3 is 0 Å². The average Bonchev–Trinajstić information content (AvgIpc) is 3.54. The van der Waals surface area contributed by atoms with Crippen LogP contribution in [-0.4, -0.2) is 56.1 Å². The van der Waals surface area contributed by atoms with E-state index in [1.165, 1.54) is 0 Å². The second-order valence-corrected chi connectivity index (χ2v) is 9.94. The van der Waals surface area contributed by atoms with Crippen LogP contribution in [-0.2, 0) is 0 Å². The van der Waals surface area contributed by atoms with Gasteiger partial charge in [-0.15, -0.1) is 0 Å². The van der Waals surface area contributed by atoms with Crippen LogP contribution in [0.1, 0.15) is 53.3 Å². The zero-order chi connectivity index (χ0) is 24.6. The number of nitrogens with zero attached hydrogens (tertiary/aromatic N) is 6. The van der Waals surface area contributed by atoms with E-state index < -0.39 is 0 Å². The molecule has 6 rings (SSSR count). The molecular formula is C28H31N7O. The summed E-state index contributed by atoms with van der Waals surface area (Å²) in [6.07, 6.45) is 9.59. The molecule has 0 unspecified atom stereocenters. The second kappa shape index (κ2) is 9.35. The molecule has 36 heavy (non-hydrogen) atoms. The number of likely N-dealkylation sites (tertiary alicyclic amines) is 1. The molecule has 0 aliphatic carbocycles. The van der Waals surface area contributed by atoms with Crippen LogP contribution in [0.5, 0.6) is 0 Å². The number of benzene rings is 1. The lowest BCUT2D eigenvalue weighted by molar-refractivity contribution is 0.0605. The number of carbonyl (C=O) groups excluding carboxylic acids is 1. The number of anilines is 1. The fourth-order valence-corrected chi connectivity index (χ4v) is 5.47. The highest BCUT2D eigenvalue weighted by Crippen LogP contribution is 2.33. The van der Waals surface area contributed by atoms with Gasteiger partial charge in [0.1, 0.15) is 5.82 Å². The molecule has 2 saturated heterocycles. The predicted octanol–water partition coefficient (Wildman–Crippen LogP) is 4.00. The van der Waals surface area contributed by atoms with Crippen molar-refractivity contribution in [3.8, 4) is 11.1 Å². The van der Waals surface area contributed by atoms with Crippen molar-refractivity contribution in [3.05, 3.63) is 77.9 Å². The van der Waals surface area contributed by atoms with Crippen LogP contribution in [0, 0.1) is 6.92 Å². The molecule has 184 valence electrons. The van der Waals surface area contributed by atoms with Crippen molar-refractivity contribution in [1.29, 1.82) is 0 Å². The van der Waals surface area contributed by atoms with Crippen LogP contribution in [0.3, 0.4) is 0 Å². The van der Waals surface area contributed by atoms with Gasteiger partial charge in [0.2, 0.25) is 0 Å². The molecule has 2 aliphatic rings. The summed E-state index contributed by atoms with van der Waals surface area (Å²) in [5.74, 6) is 1.03. The lowest BCUT2D eigenvalue weighted by Gasteiger charge is -2.34. The third kappa shape index (κ3) is 4.22. The van der Waals surface area contributed by atoms with E-state index >= 15 is 0 Å². The minimum atomic E-state index is -0.0603. The van der Waals surface area contributed by atoms with E-state index in [4.69, 9.17) is 15.8 Å². The Kier molecular flexibility index (Phi) is 5.89. The van der Waals surface area contributed by atoms with Crippen molar-refractivity contribution >= 4 is 17.4 Å². The first-order valence-electron chi connectivity index (χ1n) is 12.8. The normalized spacial score (nSPS) is 20.3. The SMILES string of the molecule is Cc1cn2nc([C@@H]3CCCCN3C(=O)c3ccc(-c4cccnc4)cc3)cc2nc1N1CC[C@H](N)C1. The zero-order valence-corrected chi connectivity index (χ0v) is 20.5. The Hall–Kier alpha value is -3.78. The van der Waals surface area contributed by atoms with Gasteiger partial charge in [0.05, 0.1) is 11.7 Å². The fourth-order valence-electron chi connectivity index (χ4n) is 5.47. The van der Waals surface area contributed by atoms with Crippen LogP contribution < -0.4 is 10.6 Å². The van der Waals surface area contributed by atoms with Gasteiger partial charge in [0, 0.05) is 61.5 Å². The summed E-state index contributed by atoms with van der Waals surface area (Å²) in [6, 6.07) is 13.9. The summed E-state index contributed by atoms with van der Waals surface area (Å²) in [7, 11) is 0. The third-order valence-corrected chi connectivity index (χ3v) is 7.38. The summed E-state index contributed by atoms with van der Waals surface area (Å²) in [5.41, 5.74) is 11.7. The summed E-state index contributed by atoms with van der Waals surface area (Å²) in [6.45, 7) is 4.55. The number of aromatic nitrogens is 4. The molecule has 0 radical (unpaired) electrons. The van der Waals surface area contributed by atoms with Gasteiger partial charge in [0.25, 0.3) is 5.91 Å². The van der Waals surface area contributed by atoms with E-state index in [2.05, 4.69) is 16.8 Å². The number of aryl methyl sites for hydroxylation is 1. The first kappa shape index (κ1) is 22.7. The van der Waals surface area contributed by atoms with Crippen LogP contribution in [0.15, 0.2) is 61.1 Å². The molecule has 3 aromatic heterocycles. The van der Waals surface area contributed by atoms with Gasteiger partial charge in [-0.05, 0) is 61.9 Å². The molecule has 1 amide bonds. The first-order chi connectivity index (χ1) is 17.6. The molecule has 2 aliphatic heterocycles. The van der Waals surface area contributed by atoms with Gasteiger partial charge in [0.15, 0.2) is 5.65 Å². The summed E-state index contributed by atoms with van der Waals surface area (Å²) in [4.78, 5) is 27.0. The molecule has 2 N–H and O–H groups in total. The lowest BCUT2D eigenvalue weighted by atomic mass is 9.97. The molecule has 0 bridgehead atoms. The van der Waals surface area contributed by atoms with Crippen molar-refractivity contribution in [2.45, 2.75) is 44.7 Å². The number of hydrogen-bond donors (Lipinski definition) is 1. The van der Waals surface area contributed by atoms with Gasteiger partial charge in [-0.2, -0.15) is 5.10 Å². The van der Waals surface area contributed by atoms with E-state index in [-0.39, 0.29) is 18.0 Å². The number of fused-ring (bicyclic) bond motifs is 1. The monoisotopic (exact) mass is 481 g/mol. The van der Waals surface area contributed by atoms with Crippen LogP contribution in [0.2, 0.25) is 0 Å². The molecule has 8 nitrogen and oxygen atoms in total. The molecular weight excluding hydrogens is 450 g/mol. The molecule has 2 atom stereocenters. The van der Waals surface area contributed by atoms with Crippen LogP contribution in [0.4, 0.5) is 5.82 Å². The molecule has 0 saturated carbocycles. The fraction of sp³-hybridized carbons (Fsp3) is 0.357. The Morgan fingerprint density at radius 2 is 1.92 bits per heavy atom. The maximum Gasteiger partial charge on any atom is 0.254 e. The summed E-state index contributed by atoms with van der Waals surface area (Å²) in [5, 5.41) is 4.87. The van der Waals surface area contributed by atoms with Crippen molar-refractivity contribution in [3.63, 3.8) is 0 Å². The number of hydrogen-bond acceptors (Lipinski definition) is 6. The number of piperidine rings is 1. The van der Waals surface area contributed by atoms with E-state index in [9.17, 15) is 4.79 Å². The smallest absolute Gasteiger partial charge is 0.254 e. The summed E-state index contributed by atoms with van der Waals surface area (Å²) < 4.78 is 1.85. The van der Waals surface area contributed by atoms with Gasteiger partial charge < -0.3 is 15.5 Å². The highest BCUT2D eigenvalue weighted by molar-refractivity contribution is 5.95. The van der Waals surface area contributed by atoms with E-state index in [1.807, 2.05) is 64.3 Å². The molecule has 0 spiro atoms. The lowest BCUT2D eigenvalue weighted by Crippen LogP contribution is -2.38. The van der Waals surface area contributed by atoms with Gasteiger partial charge in [-0.3, -0.25) is 9.78 Å². The molecule has 5 heterocycles. The highest BCUT2D eigenvalue weighted by atomic mass is 16.2. The van der Waals surface area contributed by atoms with Crippen molar-refractivity contribution in [2.75, 3.05) is 24.5 Å². The van der Waals surface area contributed by atoms with Crippen LogP contribution >= 0.6 is 0 Å². The largest absolute Gasteiger partial charge is 0.355 e. The Morgan fingerprint density at radius 3 is 2.67 bits per heavy atom. The molecule has 2 fully saturated rings. The van der Waals surface area contributed by atoms with E-state index in [0.29, 0.717) is 5.56 Å². The Bertz CT molecular complexity index is 1380. The molecule has 8 heteroatoms. The number of amides is 1.